The second-order valence-corrected chi connectivity index (χ2v) is 6.56. The lowest BCUT2D eigenvalue weighted by Crippen LogP contribution is -1.83. The minimum atomic E-state index is -0.120. The molecule has 0 aliphatic heterocycles. The molecule has 3 rings (SSSR count). The molecule has 0 fully saturated rings. The first-order chi connectivity index (χ1) is 10.2. The van der Waals surface area contributed by atoms with E-state index in [2.05, 4.69) is 0 Å². The molecule has 21 heavy (non-hydrogen) atoms. The van der Waals surface area contributed by atoms with Gasteiger partial charge in [-0.1, -0.05) is 6.07 Å². The third-order valence-electron chi connectivity index (χ3n) is 3.19. The molecule has 106 valence electrons. The van der Waals surface area contributed by atoms with E-state index < -0.39 is 0 Å². The smallest absolute Gasteiger partial charge is 0.160 e. The maximum absolute atomic E-state index is 10.9. The third kappa shape index (κ3) is 2.89. The molecular weight excluding hydrogens is 304 g/mol. The second-order valence-electron chi connectivity index (χ2n) is 4.57. The van der Waals surface area contributed by atoms with Crippen molar-refractivity contribution in [3.63, 3.8) is 0 Å². The lowest BCUT2D eigenvalue weighted by molar-refractivity contribution is 0.112. The average molecular weight is 316 g/mol. The third-order valence-corrected chi connectivity index (χ3v) is 5.11. The van der Waals surface area contributed by atoms with Crippen LogP contribution in [0, 0.1) is 0 Å². The van der Waals surface area contributed by atoms with Gasteiger partial charge in [-0.2, -0.15) is 0 Å². The van der Waals surface area contributed by atoms with E-state index in [9.17, 15) is 15.0 Å². The number of carbonyl (C=O) groups excluding carboxylic acids is 1. The highest BCUT2D eigenvalue weighted by Gasteiger charge is 2.06. The van der Waals surface area contributed by atoms with Crippen LogP contribution in [-0.2, 0) is 5.75 Å². The zero-order chi connectivity index (χ0) is 14.8. The Morgan fingerprint density at radius 3 is 2.57 bits per heavy atom. The number of aromatic hydroxyl groups is 2. The number of carbonyl (C=O) groups is 1. The number of phenolic OH excluding ortho intramolecular Hbond substituents is 2. The minimum Gasteiger partial charge on any atom is -0.504 e. The van der Waals surface area contributed by atoms with Gasteiger partial charge in [0.15, 0.2) is 17.8 Å². The molecule has 2 N–H and O–H groups in total. The molecule has 0 bridgehead atoms. The molecule has 0 saturated heterocycles. The largest absolute Gasteiger partial charge is 0.504 e. The van der Waals surface area contributed by atoms with Gasteiger partial charge in [-0.25, -0.2) is 0 Å². The Kier molecular flexibility index (Phi) is 3.86. The number of hydrogen-bond acceptors (Lipinski definition) is 5. The van der Waals surface area contributed by atoms with Crippen LogP contribution in [0.25, 0.3) is 10.8 Å². The summed E-state index contributed by atoms with van der Waals surface area (Å²) in [6.07, 6.45) is 0.891. The molecule has 5 heteroatoms. The summed E-state index contributed by atoms with van der Waals surface area (Å²) in [6.45, 7) is 0. The Labute approximate surface area is 129 Å². The molecule has 0 aliphatic rings. The van der Waals surface area contributed by atoms with Crippen molar-refractivity contribution in [3.05, 3.63) is 52.2 Å². The van der Waals surface area contributed by atoms with Gasteiger partial charge in [-0.15, -0.1) is 23.1 Å². The standard InChI is InChI=1S/C16H12O3S2/c17-8-16-11(3-4-20-16)9-21-13-2-1-10-6-14(18)15(19)7-12(10)5-13/h1-8,18-19H,9H2. The molecule has 0 spiro atoms. The summed E-state index contributed by atoms with van der Waals surface area (Å²) in [5, 5.41) is 22.7. The molecule has 0 aliphatic carbocycles. The maximum Gasteiger partial charge on any atom is 0.160 e. The lowest BCUT2D eigenvalue weighted by atomic mass is 10.1. The van der Waals surface area contributed by atoms with Crippen LogP contribution < -0.4 is 0 Å². The predicted molar refractivity (Wildman–Crippen MR) is 86.5 cm³/mol. The quantitative estimate of drug-likeness (QED) is 0.425. The number of benzene rings is 2. The predicted octanol–water partition coefficient (Wildman–Crippen LogP) is 4.42. The fourth-order valence-corrected chi connectivity index (χ4v) is 3.84. The van der Waals surface area contributed by atoms with E-state index in [0.717, 1.165) is 38.1 Å². The van der Waals surface area contributed by atoms with Crippen molar-refractivity contribution in [1.29, 1.82) is 0 Å². The SMILES string of the molecule is O=Cc1sccc1CSc1ccc2cc(O)c(O)cc2c1. The van der Waals surface area contributed by atoms with E-state index in [-0.39, 0.29) is 11.5 Å². The Hall–Kier alpha value is -1.98. The van der Waals surface area contributed by atoms with Crippen molar-refractivity contribution >= 4 is 40.2 Å². The highest BCUT2D eigenvalue weighted by molar-refractivity contribution is 7.98. The van der Waals surface area contributed by atoms with Crippen molar-refractivity contribution in [2.45, 2.75) is 10.6 Å². The molecular formula is C16H12O3S2. The number of fused-ring (bicyclic) bond motifs is 1. The number of hydrogen-bond donors (Lipinski definition) is 2. The van der Waals surface area contributed by atoms with Gasteiger partial charge in [-0.3, -0.25) is 4.79 Å². The summed E-state index contributed by atoms with van der Waals surface area (Å²) in [6, 6.07) is 10.9. The molecule has 0 unspecified atom stereocenters. The van der Waals surface area contributed by atoms with Crippen molar-refractivity contribution in [3.8, 4) is 11.5 Å². The first kappa shape index (κ1) is 14.0. The molecule has 2 aromatic carbocycles. The second kappa shape index (κ2) is 5.79. The van der Waals surface area contributed by atoms with E-state index in [1.54, 1.807) is 23.9 Å². The number of aldehydes is 1. The summed E-state index contributed by atoms with van der Waals surface area (Å²) in [4.78, 5) is 12.7. The number of thioether (sulfide) groups is 1. The summed E-state index contributed by atoms with van der Waals surface area (Å²) in [5.41, 5.74) is 1.04. The van der Waals surface area contributed by atoms with E-state index in [1.165, 1.54) is 11.3 Å². The molecule has 0 atom stereocenters. The Morgan fingerprint density at radius 1 is 1.05 bits per heavy atom. The van der Waals surface area contributed by atoms with Crippen molar-refractivity contribution < 1.29 is 15.0 Å². The lowest BCUT2D eigenvalue weighted by Gasteiger charge is -2.05. The van der Waals surface area contributed by atoms with Gasteiger partial charge in [0.05, 0.1) is 4.88 Å². The number of phenols is 2. The van der Waals surface area contributed by atoms with Gasteiger partial charge < -0.3 is 10.2 Å². The van der Waals surface area contributed by atoms with Gasteiger partial charge in [0.1, 0.15) is 0 Å². The van der Waals surface area contributed by atoms with Crippen molar-refractivity contribution in [2.24, 2.45) is 0 Å². The molecule has 1 aromatic heterocycles. The minimum absolute atomic E-state index is 0.114. The van der Waals surface area contributed by atoms with Crippen LogP contribution in [0.5, 0.6) is 11.5 Å². The molecule has 0 radical (unpaired) electrons. The van der Waals surface area contributed by atoms with Gasteiger partial charge in [0.2, 0.25) is 0 Å². The van der Waals surface area contributed by atoms with Crippen LogP contribution in [0.4, 0.5) is 0 Å². The molecule has 0 saturated carbocycles. The Balaban J connectivity index is 1.84. The Morgan fingerprint density at radius 2 is 1.81 bits per heavy atom. The molecule has 3 aromatic rings. The average Bonchev–Trinajstić information content (AvgIpc) is 2.94. The van der Waals surface area contributed by atoms with Crippen LogP contribution in [0.2, 0.25) is 0 Å². The normalized spacial score (nSPS) is 10.9. The number of thiophene rings is 1. The molecule has 3 nitrogen and oxygen atoms in total. The van der Waals surface area contributed by atoms with E-state index >= 15 is 0 Å². The van der Waals surface area contributed by atoms with Crippen molar-refractivity contribution in [1.82, 2.24) is 0 Å². The fraction of sp³-hybridized carbons (Fsp3) is 0.0625. The summed E-state index contributed by atoms with van der Waals surface area (Å²) >= 11 is 3.08. The first-order valence-electron chi connectivity index (χ1n) is 6.27. The topological polar surface area (TPSA) is 57.5 Å². The van der Waals surface area contributed by atoms with Crippen LogP contribution >= 0.6 is 23.1 Å². The monoisotopic (exact) mass is 316 g/mol. The maximum atomic E-state index is 10.9. The number of rotatable bonds is 4. The van der Waals surface area contributed by atoms with Gasteiger partial charge in [0, 0.05) is 10.6 Å². The molecule has 0 amide bonds. The van der Waals surface area contributed by atoms with Gasteiger partial charge >= 0.3 is 0 Å². The zero-order valence-corrected chi connectivity index (χ0v) is 12.6. The van der Waals surface area contributed by atoms with Gasteiger partial charge in [0.25, 0.3) is 0 Å². The van der Waals surface area contributed by atoms with Gasteiger partial charge in [-0.05, 0) is 52.0 Å². The summed E-state index contributed by atoms with van der Waals surface area (Å²) in [5.74, 6) is 0.496. The van der Waals surface area contributed by atoms with Crippen LogP contribution in [-0.4, -0.2) is 16.5 Å². The highest BCUT2D eigenvalue weighted by Crippen LogP contribution is 2.33. The van der Waals surface area contributed by atoms with Crippen molar-refractivity contribution in [2.75, 3.05) is 0 Å². The fourth-order valence-electron chi connectivity index (χ4n) is 2.07. The van der Waals surface area contributed by atoms with E-state index in [0.29, 0.717) is 0 Å². The van der Waals surface area contributed by atoms with Crippen LogP contribution in [0.3, 0.4) is 0 Å². The first-order valence-corrected chi connectivity index (χ1v) is 8.14. The van der Waals surface area contributed by atoms with E-state index in [1.807, 2.05) is 29.6 Å². The van der Waals surface area contributed by atoms with Crippen LogP contribution in [0.1, 0.15) is 15.2 Å². The highest BCUT2D eigenvalue weighted by atomic mass is 32.2. The van der Waals surface area contributed by atoms with E-state index in [4.69, 9.17) is 0 Å². The van der Waals surface area contributed by atoms with Crippen LogP contribution in [0.15, 0.2) is 46.7 Å². The zero-order valence-electron chi connectivity index (χ0n) is 10.9. The Bertz CT molecular complexity index is 808. The molecule has 1 heterocycles. The summed E-state index contributed by atoms with van der Waals surface area (Å²) < 4.78 is 0. The summed E-state index contributed by atoms with van der Waals surface area (Å²) in [7, 11) is 0.